The van der Waals surface area contributed by atoms with Gasteiger partial charge in [-0.25, -0.2) is 12.7 Å². The minimum atomic E-state index is -3.44. The van der Waals surface area contributed by atoms with Gasteiger partial charge in [-0.1, -0.05) is 36.4 Å². The summed E-state index contributed by atoms with van der Waals surface area (Å²) in [5, 5.41) is 4.88. The van der Waals surface area contributed by atoms with E-state index < -0.39 is 10.0 Å². The molecule has 0 aliphatic heterocycles. The largest absolute Gasteiger partial charge is 0.349 e. The standard InChI is InChI=1S/C19H24N2O3S2/c1-21(26(23,24)18-10-6-14-25-18)13-5-9-17(22)20-19(16-11-12-16)15-7-3-2-4-8-15/h2-4,6-8,10,14,16,19H,5,9,11-13H2,1H3,(H,20,22). The smallest absolute Gasteiger partial charge is 0.252 e. The van der Waals surface area contributed by atoms with Gasteiger partial charge in [0.25, 0.3) is 10.0 Å². The van der Waals surface area contributed by atoms with Gasteiger partial charge in [0.05, 0.1) is 6.04 Å². The van der Waals surface area contributed by atoms with Gasteiger partial charge < -0.3 is 5.32 Å². The Morgan fingerprint density at radius 3 is 2.58 bits per heavy atom. The first-order valence-electron chi connectivity index (χ1n) is 8.82. The normalized spacial score (nSPS) is 15.8. The molecule has 26 heavy (non-hydrogen) atoms. The van der Waals surface area contributed by atoms with Crippen LogP contribution in [0.4, 0.5) is 0 Å². The van der Waals surface area contributed by atoms with Gasteiger partial charge in [0.15, 0.2) is 0 Å². The van der Waals surface area contributed by atoms with Gasteiger partial charge in [-0.3, -0.25) is 4.79 Å². The Labute approximate surface area is 159 Å². The number of hydrogen-bond donors (Lipinski definition) is 1. The van der Waals surface area contributed by atoms with Crippen molar-refractivity contribution in [3.8, 4) is 0 Å². The second-order valence-corrected chi connectivity index (χ2v) is 9.87. The predicted octanol–water partition coefficient (Wildman–Crippen LogP) is 3.42. The summed E-state index contributed by atoms with van der Waals surface area (Å²) in [6.07, 6.45) is 3.10. The Hall–Kier alpha value is -1.70. The summed E-state index contributed by atoms with van der Waals surface area (Å²) in [5.41, 5.74) is 1.14. The lowest BCUT2D eigenvalue weighted by Crippen LogP contribution is -2.31. The minimum Gasteiger partial charge on any atom is -0.349 e. The molecule has 1 atom stereocenters. The van der Waals surface area contributed by atoms with Gasteiger partial charge in [0.1, 0.15) is 4.21 Å². The molecule has 1 aliphatic rings. The zero-order valence-electron chi connectivity index (χ0n) is 14.8. The number of thiophene rings is 1. The average molecular weight is 393 g/mol. The number of amides is 1. The van der Waals surface area contributed by atoms with Crippen LogP contribution in [-0.4, -0.2) is 32.2 Å². The Morgan fingerprint density at radius 2 is 1.96 bits per heavy atom. The third-order valence-electron chi connectivity index (χ3n) is 4.61. The van der Waals surface area contributed by atoms with Crippen molar-refractivity contribution in [1.29, 1.82) is 0 Å². The fourth-order valence-electron chi connectivity index (χ4n) is 2.96. The molecule has 0 bridgehead atoms. The maximum absolute atomic E-state index is 12.4. The van der Waals surface area contributed by atoms with Crippen molar-refractivity contribution in [1.82, 2.24) is 9.62 Å². The number of sulfonamides is 1. The molecule has 0 saturated heterocycles. The van der Waals surface area contributed by atoms with Gasteiger partial charge >= 0.3 is 0 Å². The lowest BCUT2D eigenvalue weighted by Gasteiger charge is -2.19. The fourth-order valence-corrected chi connectivity index (χ4v) is 5.37. The van der Waals surface area contributed by atoms with Crippen molar-refractivity contribution < 1.29 is 13.2 Å². The molecule has 1 saturated carbocycles. The minimum absolute atomic E-state index is 0.0207. The van der Waals surface area contributed by atoms with Gasteiger partial charge in [-0.2, -0.15) is 0 Å². The fraction of sp³-hybridized carbons (Fsp3) is 0.421. The molecule has 2 aromatic rings. The number of nitrogens with zero attached hydrogens (tertiary/aromatic N) is 1. The van der Waals surface area contributed by atoms with Crippen LogP contribution in [-0.2, 0) is 14.8 Å². The van der Waals surface area contributed by atoms with Crippen LogP contribution in [0.3, 0.4) is 0 Å². The molecule has 1 aromatic heterocycles. The number of nitrogens with one attached hydrogen (secondary N) is 1. The van der Waals surface area contributed by atoms with Crippen LogP contribution in [0.2, 0.25) is 0 Å². The molecule has 1 heterocycles. The number of benzene rings is 1. The van der Waals surface area contributed by atoms with Gasteiger partial charge in [-0.15, -0.1) is 11.3 Å². The maximum atomic E-state index is 12.4. The summed E-state index contributed by atoms with van der Waals surface area (Å²) < 4.78 is 26.4. The number of carbonyl (C=O) groups is 1. The first-order valence-corrected chi connectivity index (χ1v) is 11.1. The highest BCUT2D eigenvalue weighted by molar-refractivity contribution is 7.91. The zero-order chi connectivity index (χ0) is 18.6. The Morgan fingerprint density at radius 1 is 1.23 bits per heavy atom. The van der Waals surface area contributed by atoms with E-state index in [9.17, 15) is 13.2 Å². The van der Waals surface area contributed by atoms with Crippen LogP contribution >= 0.6 is 11.3 Å². The van der Waals surface area contributed by atoms with E-state index in [0.717, 1.165) is 18.4 Å². The molecule has 5 nitrogen and oxygen atoms in total. The second kappa shape index (κ2) is 8.33. The Bertz CT molecular complexity index is 816. The summed E-state index contributed by atoms with van der Waals surface area (Å²) in [5.74, 6) is 0.496. The SMILES string of the molecule is CN(CCCC(=O)NC(c1ccccc1)C1CC1)S(=O)(=O)c1cccs1. The van der Waals surface area contributed by atoms with Crippen LogP contribution in [0, 0.1) is 5.92 Å². The van der Waals surface area contributed by atoms with Crippen LogP contribution in [0.5, 0.6) is 0 Å². The van der Waals surface area contributed by atoms with E-state index >= 15 is 0 Å². The van der Waals surface area contributed by atoms with Crippen LogP contribution in [0.1, 0.15) is 37.3 Å². The van der Waals surface area contributed by atoms with E-state index in [1.807, 2.05) is 30.3 Å². The van der Waals surface area contributed by atoms with Crippen LogP contribution in [0.25, 0.3) is 0 Å². The predicted molar refractivity (Wildman–Crippen MR) is 103 cm³/mol. The van der Waals surface area contributed by atoms with E-state index in [1.54, 1.807) is 24.6 Å². The van der Waals surface area contributed by atoms with Crippen LogP contribution in [0.15, 0.2) is 52.1 Å². The van der Waals surface area contributed by atoms with E-state index in [2.05, 4.69) is 5.32 Å². The lowest BCUT2D eigenvalue weighted by molar-refractivity contribution is -0.122. The molecule has 7 heteroatoms. The third kappa shape index (κ3) is 4.72. The summed E-state index contributed by atoms with van der Waals surface area (Å²) in [4.78, 5) is 12.3. The van der Waals surface area contributed by atoms with Crippen molar-refractivity contribution in [2.45, 2.75) is 35.9 Å². The molecule has 0 spiro atoms. The number of hydrogen-bond acceptors (Lipinski definition) is 4. The highest BCUT2D eigenvalue weighted by Gasteiger charge is 2.33. The van der Waals surface area contributed by atoms with Gasteiger partial charge in [0.2, 0.25) is 5.91 Å². The summed E-state index contributed by atoms with van der Waals surface area (Å²) in [6.45, 7) is 0.326. The van der Waals surface area contributed by atoms with E-state index in [0.29, 0.717) is 29.5 Å². The average Bonchev–Trinajstić information content (AvgIpc) is 3.32. The molecular formula is C19H24N2O3S2. The number of rotatable bonds is 9. The van der Waals surface area contributed by atoms with Crippen molar-refractivity contribution in [2.75, 3.05) is 13.6 Å². The third-order valence-corrected chi connectivity index (χ3v) is 7.83. The first kappa shape index (κ1) is 19.1. The highest BCUT2D eigenvalue weighted by atomic mass is 32.2. The van der Waals surface area contributed by atoms with Crippen molar-refractivity contribution in [3.05, 3.63) is 53.4 Å². The van der Waals surface area contributed by atoms with Crippen molar-refractivity contribution in [2.24, 2.45) is 5.92 Å². The second-order valence-electron chi connectivity index (χ2n) is 6.66. The maximum Gasteiger partial charge on any atom is 0.252 e. The molecular weight excluding hydrogens is 368 g/mol. The molecule has 1 aliphatic carbocycles. The molecule has 1 aromatic carbocycles. The molecule has 1 unspecified atom stereocenters. The lowest BCUT2D eigenvalue weighted by atomic mass is 10.0. The molecule has 1 N–H and O–H groups in total. The summed E-state index contributed by atoms with van der Waals surface area (Å²) in [7, 11) is -1.88. The first-order chi connectivity index (χ1) is 12.5. The molecule has 3 rings (SSSR count). The molecule has 140 valence electrons. The van der Waals surface area contributed by atoms with Crippen molar-refractivity contribution in [3.63, 3.8) is 0 Å². The molecule has 1 amide bonds. The van der Waals surface area contributed by atoms with E-state index in [1.165, 1.54) is 15.6 Å². The topological polar surface area (TPSA) is 66.5 Å². The van der Waals surface area contributed by atoms with Gasteiger partial charge in [-0.05, 0) is 42.2 Å². The Balaban J connectivity index is 1.49. The van der Waals surface area contributed by atoms with Gasteiger partial charge in [0, 0.05) is 20.0 Å². The van der Waals surface area contributed by atoms with E-state index in [4.69, 9.17) is 0 Å². The van der Waals surface area contributed by atoms with E-state index in [-0.39, 0.29) is 11.9 Å². The van der Waals surface area contributed by atoms with Crippen LogP contribution < -0.4 is 5.32 Å². The summed E-state index contributed by atoms with van der Waals surface area (Å²) in [6, 6.07) is 13.4. The molecule has 0 radical (unpaired) electrons. The highest BCUT2D eigenvalue weighted by Crippen LogP contribution is 2.40. The zero-order valence-corrected chi connectivity index (χ0v) is 16.4. The van der Waals surface area contributed by atoms with Crippen molar-refractivity contribution >= 4 is 27.3 Å². The summed E-state index contributed by atoms with van der Waals surface area (Å²) >= 11 is 1.21. The number of carbonyl (C=O) groups excluding carboxylic acids is 1. The monoisotopic (exact) mass is 392 g/mol. The quantitative estimate of drug-likeness (QED) is 0.711. The Kier molecular flexibility index (Phi) is 6.11. The molecule has 1 fully saturated rings.